The zero-order valence-electron chi connectivity index (χ0n) is 16.2. The summed E-state index contributed by atoms with van der Waals surface area (Å²) in [5.74, 6) is 0.327. The Kier molecular flexibility index (Phi) is 5.78. The molecule has 1 saturated heterocycles. The molecule has 0 spiro atoms. The maximum absolute atomic E-state index is 11.9. The first-order chi connectivity index (χ1) is 13.9. The van der Waals surface area contributed by atoms with Gasteiger partial charge in [-0.05, 0) is 41.5 Å². The van der Waals surface area contributed by atoms with Gasteiger partial charge in [0.2, 0.25) is 0 Å². The third-order valence-electron chi connectivity index (χ3n) is 5.98. The summed E-state index contributed by atoms with van der Waals surface area (Å²) in [4.78, 5) is 31.3. The molecule has 29 heavy (non-hydrogen) atoms. The molecule has 0 unspecified atom stereocenters. The molecule has 0 bridgehead atoms. The number of hydrogen-bond donors (Lipinski definition) is 2. The van der Waals surface area contributed by atoms with Crippen molar-refractivity contribution in [3.05, 3.63) is 48.0 Å². The van der Waals surface area contributed by atoms with Gasteiger partial charge in [0.15, 0.2) is 0 Å². The lowest BCUT2D eigenvalue weighted by Gasteiger charge is -2.21. The topological polar surface area (TPSA) is 96.3 Å². The molecule has 1 aliphatic heterocycles. The van der Waals surface area contributed by atoms with Crippen LogP contribution in [0.15, 0.2) is 42.5 Å². The quantitative estimate of drug-likeness (QED) is 0.366. The molecule has 0 radical (unpaired) electrons. The van der Waals surface area contributed by atoms with Crippen LogP contribution in [0.1, 0.15) is 31.2 Å². The maximum Gasteiger partial charge on any atom is 0.469 e. The first-order valence-corrected chi connectivity index (χ1v) is 11.5. The standard InChI is InChI=1S/C21H26NO6P/c23-20(7-3-4-10-28-29(24,25)26)27-15-22-13-19-12-21(19,14-22)18-9-8-16-5-1-2-6-17(16)11-18/h1-2,5-6,8-9,11,19H,3-4,7,10,12-15H2,(H2,24,25,26)/t19-,21+/m1/s1. The van der Waals surface area contributed by atoms with Crippen LogP contribution in [-0.4, -0.2) is 47.1 Å². The highest BCUT2D eigenvalue weighted by molar-refractivity contribution is 7.46. The first-order valence-electron chi connectivity index (χ1n) is 9.93. The fraction of sp³-hybridized carbons (Fsp3) is 0.476. The second kappa shape index (κ2) is 8.17. The Morgan fingerprint density at radius 2 is 1.97 bits per heavy atom. The van der Waals surface area contributed by atoms with E-state index < -0.39 is 7.82 Å². The minimum atomic E-state index is -4.43. The number of carbonyl (C=O) groups is 1. The highest BCUT2D eigenvalue weighted by atomic mass is 31.2. The molecule has 4 rings (SSSR count). The van der Waals surface area contributed by atoms with Gasteiger partial charge in [0.1, 0.15) is 6.73 Å². The van der Waals surface area contributed by atoms with Gasteiger partial charge in [0, 0.05) is 24.9 Å². The molecule has 2 aromatic carbocycles. The molecule has 156 valence electrons. The van der Waals surface area contributed by atoms with E-state index in [0.29, 0.717) is 25.5 Å². The largest absolute Gasteiger partial charge is 0.469 e. The molecule has 1 heterocycles. The molecule has 0 aromatic heterocycles. The van der Waals surface area contributed by atoms with Crippen LogP contribution in [0.25, 0.3) is 10.8 Å². The van der Waals surface area contributed by atoms with E-state index >= 15 is 0 Å². The van der Waals surface area contributed by atoms with Gasteiger partial charge in [0.05, 0.1) is 6.61 Å². The predicted molar refractivity (Wildman–Crippen MR) is 108 cm³/mol. The Morgan fingerprint density at radius 1 is 1.17 bits per heavy atom. The number of rotatable bonds is 9. The van der Waals surface area contributed by atoms with Crippen molar-refractivity contribution in [3.8, 4) is 0 Å². The second-order valence-corrected chi connectivity index (χ2v) is 9.30. The van der Waals surface area contributed by atoms with Crippen LogP contribution in [-0.2, 0) is 24.0 Å². The highest BCUT2D eigenvalue weighted by Gasteiger charge is 2.60. The van der Waals surface area contributed by atoms with E-state index in [9.17, 15) is 9.36 Å². The van der Waals surface area contributed by atoms with Crippen LogP contribution in [0.4, 0.5) is 0 Å². The average Bonchev–Trinajstić information content (AvgIpc) is 3.26. The molecule has 0 amide bonds. The minimum absolute atomic E-state index is 0.0698. The predicted octanol–water partition coefficient (Wildman–Crippen LogP) is 3.19. The van der Waals surface area contributed by atoms with Crippen LogP contribution in [0.3, 0.4) is 0 Å². The van der Waals surface area contributed by atoms with Crippen LogP contribution in [0, 0.1) is 5.92 Å². The van der Waals surface area contributed by atoms with Crippen molar-refractivity contribution < 1.29 is 28.4 Å². The molecule has 2 aromatic rings. The lowest BCUT2D eigenvalue weighted by molar-refractivity contribution is -0.148. The van der Waals surface area contributed by atoms with Gasteiger partial charge in [-0.25, -0.2) is 4.57 Å². The van der Waals surface area contributed by atoms with Crippen molar-refractivity contribution in [1.29, 1.82) is 0 Å². The summed E-state index contributed by atoms with van der Waals surface area (Å²) in [6, 6.07) is 15.1. The summed E-state index contributed by atoms with van der Waals surface area (Å²) in [7, 11) is -4.43. The van der Waals surface area contributed by atoms with Crippen LogP contribution in [0.5, 0.6) is 0 Å². The zero-order valence-corrected chi connectivity index (χ0v) is 17.1. The third kappa shape index (κ3) is 4.87. The fourth-order valence-electron chi connectivity index (χ4n) is 4.42. The number of unbranched alkanes of at least 4 members (excludes halogenated alkanes) is 1. The van der Waals surface area contributed by atoms with Gasteiger partial charge in [-0.15, -0.1) is 0 Å². The number of likely N-dealkylation sites (tertiary alicyclic amines) is 1. The Labute approximate surface area is 169 Å². The van der Waals surface area contributed by atoms with Crippen LogP contribution >= 0.6 is 7.82 Å². The monoisotopic (exact) mass is 419 g/mol. The van der Waals surface area contributed by atoms with E-state index in [0.717, 1.165) is 13.1 Å². The van der Waals surface area contributed by atoms with Crippen molar-refractivity contribution in [2.24, 2.45) is 5.92 Å². The SMILES string of the molecule is O=C(CCCCOP(=O)(O)O)OCN1C[C@H]2C[C@@]2(c2ccc3ccccc3c2)C1. The Balaban J connectivity index is 1.22. The normalized spacial score (nSPS) is 23.9. The molecule has 7 nitrogen and oxygen atoms in total. The van der Waals surface area contributed by atoms with Crippen molar-refractivity contribution in [3.63, 3.8) is 0 Å². The van der Waals surface area contributed by atoms with Crippen LogP contribution < -0.4 is 0 Å². The number of benzene rings is 2. The number of hydrogen-bond acceptors (Lipinski definition) is 5. The number of piperidine rings is 1. The highest BCUT2D eigenvalue weighted by Crippen LogP contribution is 2.59. The van der Waals surface area contributed by atoms with Crippen LogP contribution in [0.2, 0.25) is 0 Å². The summed E-state index contributed by atoms with van der Waals surface area (Å²) < 4.78 is 20.3. The smallest absolute Gasteiger partial charge is 0.449 e. The van der Waals surface area contributed by atoms with Gasteiger partial charge >= 0.3 is 13.8 Å². The lowest BCUT2D eigenvalue weighted by Crippen LogP contribution is -2.30. The van der Waals surface area contributed by atoms with E-state index in [2.05, 4.69) is 51.9 Å². The summed E-state index contributed by atoms with van der Waals surface area (Å²) in [6.07, 6.45) is 2.28. The maximum atomic E-state index is 11.9. The first kappa shape index (κ1) is 20.5. The molecule has 2 N–H and O–H groups in total. The van der Waals surface area contributed by atoms with Gasteiger partial charge in [-0.1, -0.05) is 42.5 Å². The summed E-state index contributed by atoms with van der Waals surface area (Å²) >= 11 is 0. The van der Waals surface area contributed by atoms with E-state index in [4.69, 9.17) is 14.5 Å². The molecule has 8 heteroatoms. The molecule has 2 fully saturated rings. The van der Waals surface area contributed by atoms with E-state index in [1.54, 1.807) is 0 Å². The number of phosphoric acid groups is 1. The summed E-state index contributed by atoms with van der Waals surface area (Å²) in [5, 5.41) is 2.51. The van der Waals surface area contributed by atoms with Gasteiger partial charge < -0.3 is 14.5 Å². The Morgan fingerprint density at radius 3 is 2.76 bits per heavy atom. The Hall–Kier alpha value is -1.76. The minimum Gasteiger partial charge on any atom is -0.449 e. The number of nitrogens with zero attached hydrogens (tertiary/aromatic N) is 1. The summed E-state index contributed by atoms with van der Waals surface area (Å²) in [5.41, 5.74) is 1.57. The van der Waals surface area contributed by atoms with Crippen molar-refractivity contribution >= 4 is 24.6 Å². The zero-order chi connectivity index (χ0) is 20.5. The third-order valence-corrected chi connectivity index (χ3v) is 6.50. The molecule has 1 saturated carbocycles. The van der Waals surface area contributed by atoms with Crippen molar-refractivity contribution in [2.45, 2.75) is 31.1 Å². The molecular weight excluding hydrogens is 393 g/mol. The van der Waals surface area contributed by atoms with E-state index in [1.807, 2.05) is 0 Å². The molecule has 2 atom stereocenters. The van der Waals surface area contributed by atoms with Gasteiger partial charge in [-0.2, -0.15) is 0 Å². The number of fused-ring (bicyclic) bond motifs is 2. The van der Waals surface area contributed by atoms with Gasteiger partial charge in [-0.3, -0.25) is 14.2 Å². The number of phosphoric ester groups is 1. The molecular formula is C21H26NO6P. The Bertz CT molecular complexity index is 944. The molecule has 1 aliphatic carbocycles. The number of ether oxygens (including phenoxy) is 1. The number of carbonyl (C=O) groups excluding carboxylic acids is 1. The van der Waals surface area contributed by atoms with Crippen molar-refractivity contribution in [2.75, 3.05) is 26.4 Å². The second-order valence-electron chi connectivity index (χ2n) is 8.06. The summed E-state index contributed by atoms with van der Waals surface area (Å²) in [6.45, 7) is 2.07. The lowest BCUT2D eigenvalue weighted by atomic mass is 9.93. The fourth-order valence-corrected chi connectivity index (χ4v) is 4.79. The van der Waals surface area contributed by atoms with E-state index in [1.165, 1.54) is 22.8 Å². The average molecular weight is 419 g/mol. The molecule has 2 aliphatic rings. The van der Waals surface area contributed by atoms with Gasteiger partial charge in [0.25, 0.3) is 0 Å². The van der Waals surface area contributed by atoms with E-state index in [-0.39, 0.29) is 24.4 Å². The van der Waals surface area contributed by atoms with Crippen molar-refractivity contribution in [1.82, 2.24) is 4.90 Å². The number of esters is 1.